The molecule has 7 nitrogen and oxygen atoms in total. The fourth-order valence-corrected chi connectivity index (χ4v) is 2.29. The summed E-state index contributed by atoms with van der Waals surface area (Å²) in [6.45, 7) is 1.89. The minimum atomic E-state index is -3.40. The number of aromatic nitrogens is 1. The van der Waals surface area contributed by atoms with Crippen molar-refractivity contribution in [2.75, 3.05) is 24.2 Å². The Bertz CT molecular complexity index is 562. The van der Waals surface area contributed by atoms with Crippen LogP contribution < -0.4 is 10.0 Å². The lowest BCUT2D eigenvalue weighted by Gasteiger charge is -2.09. The molecule has 1 heterocycles. The van der Waals surface area contributed by atoms with Crippen LogP contribution in [0.2, 0.25) is 0 Å². The van der Waals surface area contributed by atoms with Gasteiger partial charge in [-0.3, -0.25) is 0 Å². The quantitative estimate of drug-likeness (QED) is 0.665. The smallest absolute Gasteiger partial charge is 0.339 e. The van der Waals surface area contributed by atoms with Gasteiger partial charge in [0.05, 0.1) is 11.9 Å². The molecule has 1 rings (SSSR count). The van der Waals surface area contributed by atoms with E-state index in [1.54, 1.807) is 6.92 Å². The van der Waals surface area contributed by atoms with E-state index in [1.807, 2.05) is 0 Å². The standard InChI is InChI=1S/C10H14FN3O4S/c1-2-14-19(17,18)4-3-12-9-8(10(15)16)5-7(11)6-13-9/h5-6,14H,2-4H2,1H3,(H,12,13)(H,15,16). The first-order valence-electron chi connectivity index (χ1n) is 5.45. The van der Waals surface area contributed by atoms with Crippen LogP contribution in [-0.2, 0) is 10.0 Å². The molecule has 0 bridgehead atoms. The first kappa shape index (κ1) is 15.3. The predicted molar refractivity (Wildman–Crippen MR) is 67.1 cm³/mol. The summed E-state index contributed by atoms with van der Waals surface area (Å²) in [5, 5.41) is 11.4. The number of sulfonamides is 1. The van der Waals surface area contributed by atoms with Gasteiger partial charge in [-0.05, 0) is 6.07 Å². The number of pyridine rings is 1. The molecule has 106 valence electrons. The highest BCUT2D eigenvalue weighted by molar-refractivity contribution is 7.89. The van der Waals surface area contributed by atoms with E-state index < -0.39 is 21.8 Å². The number of halogens is 1. The number of hydrogen-bond acceptors (Lipinski definition) is 5. The molecule has 0 aliphatic rings. The van der Waals surface area contributed by atoms with E-state index in [4.69, 9.17) is 5.11 Å². The maximum Gasteiger partial charge on any atom is 0.339 e. The van der Waals surface area contributed by atoms with Crippen LogP contribution in [0.15, 0.2) is 12.3 Å². The molecule has 0 saturated carbocycles. The monoisotopic (exact) mass is 291 g/mol. The molecule has 19 heavy (non-hydrogen) atoms. The lowest BCUT2D eigenvalue weighted by atomic mass is 10.2. The maximum atomic E-state index is 12.9. The molecule has 9 heteroatoms. The van der Waals surface area contributed by atoms with Crippen molar-refractivity contribution >= 4 is 21.8 Å². The molecule has 0 fully saturated rings. The Balaban J connectivity index is 2.71. The van der Waals surface area contributed by atoms with Crippen molar-refractivity contribution in [3.63, 3.8) is 0 Å². The topological polar surface area (TPSA) is 108 Å². The van der Waals surface area contributed by atoms with Gasteiger partial charge in [0.2, 0.25) is 10.0 Å². The molecule has 0 atom stereocenters. The second-order valence-corrected chi connectivity index (χ2v) is 5.52. The van der Waals surface area contributed by atoms with Gasteiger partial charge in [0.1, 0.15) is 17.2 Å². The highest BCUT2D eigenvalue weighted by atomic mass is 32.2. The lowest BCUT2D eigenvalue weighted by Crippen LogP contribution is -2.29. The number of rotatable bonds is 7. The molecule has 1 aromatic rings. The van der Waals surface area contributed by atoms with Crippen molar-refractivity contribution in [2.24, 2.45) is 0 Å². The molecule has 0 saturated heterocycles. The molecule has 0 unspecified atom stereocenters. The van der Waals surface area contributed by atoms with Crippen molar-refractivity contribution in [1.29, 1.82) is 0 Å². The summed E-state index contributed by atoms with van der Waals surface area (Å²) >= 11 is 0. The van der Waals surface area contributed by atoms with Gasteiger partial charge in [-0.25, -0.2) is 27.3 Å². The van der Waals surface area contributed by atoms with E-state index in [1.165, 1.54) is 0 Å². The first-order chi connectivity index (χ1) is 8.85. The molecule has 1 aromatic heterocycles. The van der Waals surface area contributed by atoms with E-state index in [0.29, 0.717) is 0 Å². The number of hydrogen-bond donors (Lipinski definition) is 3. The van der Waals surface area contributed by atoms with Crippen LogP contribution in [0.5, 0.6) is 0 Å². The van der Waals surface area contributed by atoms with Gasteiger partial charge in [0, 0.05) is 13.1 Å². The number of nitrogens with one attached hydrogen (secondary N) is 2. The second-order valence-electron chi connectivity index (χ2n) is 3.60. The Hall–Kier alpha value is -1.74. The van der Waals surface area contributed by atoms with Gasteiger partial charge >= 0.3 is 5.97 Å². The first-order valence-corrected chi connectivity index (χ1v) is 7.11. The zero-order chi connectivity index (χ0) is 14.5. The zero-order valence-corrected chi connectivity index (χ0v) is 11.0. The molecule has 3 N–H and O–H groups in total. The van der Waals surface area contributed by atoms with Crippen LogP contribution in [-0.4, -0.2) is 43.3 Å². The highest BCUT2D eigenvalue weighted by Gasteiger charge is 2.14. The summed E-state index contributed by atoms with van der Waals surface area (Å²) in [6.07, 6.45) is 0.855. The van der Waals surface area contributed by atoms with Crippen molar-refractivity contribution < 1.29 is 22.7 Å². The predicted octanol–water partition coefficient (Wildman–Crippen LogP) is 0.270. The Kier molecular flexibility index (Phi) is 5.19. The lowest BCUT2D eigenvalue weighted by molar-refractivity contribution is 0.0697. The summed E-state index contributed by atoms with van der Waals surface area (Å²) in [4.78, 5) is 14.4. The Morgan fingerprint density at radius 3 is 2.79 bits per heavy atom. The van der Waals surface area contributed by atoms with Gasteiger partial charge < -0.3 is 10.4 Å². The summed E-state index contributed by atoms with van der Waals surface area (Å²) in [7, 11) is -3.40. The third kappa shape index (κ3) is 4.79. The zero-order valence-electron chi connectivity index (χ0n) is 10.2. The van der Waals surface area contributed by atoms with Crippen molar-refractivity contribution in [3.05, 3.63) is 23.6 Å². The molecular weight excluding hydrogens is 277 g/mol. The summed E-state index contributed by atoms with van der Waals surface area (Å²) in [6, 6.07) is 0.816. The fraction of sp³-hybridized carbons (Fsp3) is 0.400. The van der Waals surface area contributed by atoms with Gasteiger partial charge in [-0.1, -0.05) is 6.92 Å². The Morgan fingerprint density at radius 2 is 2.21 bits per heavy atom. The van der Waals surface area contributed by atoms with Crippen LogP contribution in [0.3, 0.4) is 0 Å². The molecule has 0 aliphatic carbocycles. The van der Waals surface area contributed by atoms with Crippen molar-refractivity contribution in [2.45, 2.75) is 6.92 Å². The number of nitrogens with zero attached hydrogens (tertiary/aromatic N) is 1. The highest BCUT2D eigenvalue weighted by Crippen LogP contribution is 2.13. The summed E-state index contributed by atoms with van der Waals surface area (Å²) in [5.74, 6) is -2.42. The fourth-order valence-electron chi connectivity index (χ4n) is 1.34. The number of aromatic carboxylic acids is 1. The Labute approximate surface area is 109 Å². The van der Waals surface area contributed by atoms with Crippen LogP contribution in [0.25, 0.3) is 0 Å². The maximum absolute atomic E-state index is 12.9. The van der Waals surface area contributed by atoms with E-state index in [2.05, 4.69) is 15.0 Å². The largest absolute Gasteiger partial charge is 0.478 e. The van der Waals surface area contributed by atoms with E-state index in [-0.39, 0.29) is 30.2 Å². The molecule has 0 spiro atoms. The van der Waals surface area contributed by atoms with Crippen LogP contribution in [0, 0.1) is 5.82 Å². The van der Waals surface area contributed by atoms with Gasteiger partial charge in [0.15, 0.2) is 0 Å². The minimum Gasteiger partial charge on any atom is -0.478 e. The average molecular weight is 291 g/mol. The normalized spacial score (nSPS) is 11.3. The SMILES string of the molecule is CCNS(=O)(=O)CCNc1ncc(F)cc1C(=O)O. The molecule has 0 aliphatic heterocycles. The minimum absolute atomic E-state index is 0.0335. The van der Waals surface area contributed by atoms with E-state index >= 15 is 0 Å². The summed E-state index contributed by atoms with van der Waals surface area (Å²) < 4.78 is 37.8. The van der Waals surface area contributed by atoms with E-state index in [0.717, 1.165) is 12.3 Å². The summed E-state index contributed by atoms with van der Waals surface area (Å²) in [5.41, 5.74) is -0.346. The van der Waals surface area contributed by atoms with Crippen molar-refractivity contribution in [1.82, 2.24) is 9.71 Å². The number of carboxylic acid groups (broad SMARTS) is 1. The average Bonchev–Trinajstić information content (AvgIpc) is 2.30. The van der Waals surface area contributed by atoms with E-state index in [9.17, 15) is 17.6 Å². The second kappa shape index (κ2) is 6.43. The molecule has 0 radical (unpaired) electrons. The van der Waals surface area contributed by atoms with Gasteiger partial charge in [0.25, 0.3) is 0 Å². The van der Waals surface area contributed by atoms with Gasteiger partial charge in [-0.15, -0.1) is 0 Å². The van der Waals surface area contributed by atoms with Crippen LogP contribution in [0.4, 0.5) is 10.2 Å². The van der Waals surface area contributed by atoms with Crippen LogP contribution >= 0.6 is 0 Å². The third-order valence-electron chi connectivity index (χ3n) is 2.11. The van der Waals surface area contributed by atoms with Crippen molar-refractivity contribution in [3.8, 4) is 0 Å². The Morgan fingerprint density at radius 1 is 1.53 bits per heavy atom. The number of anilines is 1. The molecule has 0 aromatic carbocycles. The molecular formula is C10H14FN3O4S. The molecule has 0 amide bonds. The number of carbonyl (C=O) groups is 1. The third-order valence-corrected chi connectivity index (χ3v) is 3.58. The van der Waals surface area contributed by atoms with Gasteiger partial charge in [-0.2, -0.15) is 0 Å². The number of carboxylic acids is 1. The van der Waals surface area contributed by atoms with Crippen LogP contribution in [0.1, 0.15) is 17.3 Å².